The highest BCUT2D eigenvalue weighted by molar-refractivity contribution is 5.67. The second-order valence-corrected chi connectivity index (χ2v) is 5.43. The monoisotopic (exact) mass is 276 g/mol. The molecule has 0 aromatic carbocycles. The summed E-state index contributed by atoms with van der Waals surface area (Å²) in [5, 5.41) is 14.5. The van der Waals surface area contributed by atoms with Crippen LogP contribution in [0.5, 0.6) is 0 Å². The van der Waals surface area contributed by atoms with Crippen LogP contribution < -0.4 is 10.6 Å². The van der Waals surface area contributed by atoms with Crippen LogP contribution in [0, 0.1) is 0 Å². The summed E-state index contributed by atoms with van der Waals surface area (Å²) in [6, 6.07) is 0.172. The van der Waals surface area contributed by atoms with Crippen molar-refractivity contribution < 1.29 is 19.4 Å². The third-order valence-electron chi connectivity index (χ3n) is 2.15. The summed E-state index contributed by atoms with van der Waals surface area (Å²) in [5.41, 5.74) is -0.467. The van der Waals surface area contributed by atoms with E-state index in [0.29, 0.717) is 19.8 Å². The molecule has 114 valence electrons. The van der Waals surface area contributed by atoms with Gasteiger partial charge in [0.25, 0.3) is 0 Å². The summed E-state index contributed by atoms with van der Waals surface area (Å²) in [6.45, 7) is 9.89. The van der Waals surface area contributed by atoms with E-state index in [2.05, 4.69) is 10.6 Å². The summed E-state index contributed by atoms with van der Waals surface area (Å²) in [7, 11) is 0. The van der Waals surface area contributed by atoms with Crippen molar-refractivity contribution in [3.8, 4) is 0 Å². The highest BCUT2D eigenvalue weighted by Gasteiger charge is 2.16. The Hall–Kier alpha value is -0.850. The molecule has 0 saturated carbocycles. The average Bonchev–Trinajstić information content (AvgIpc) is 2.29. The molecule has 6 nitrogen and oxygen atoms in total. The molecule has 0 rings (SSSR count). The summed E-state index contributed by atoms with van der Waals surface area (Å²) in [5.74, 6) is 0. The zero-order valence-corrected chi connectivity index (χ0v) is 12.5. The fourth-order valence-electron chi connectivity index (χ4n) is 1.31. The fraction of sp³-hybridized carbons (Fsp3) is 0.923. The van der Waals surface area contributed by atoms with Gasteiger partial charge in [0, 0.05) is 19.2 Å². The maximum absolute atomic E-state index is 11.4. The number of hydrogen-bond acceptors (Lipinski definition) is 5. The molecule has 1 atom stereocenters. The SMILES string of the molecule is CC(CNC(=O)OC(C)(C)C)NCCCOCCO. The molecule has 0 saturated heterocycles. The van der Waals surface area contributed by atoms with E-state index in [4.69, 9.17) is 14.6 Å². The van der Waals surface area contributed by atoms with Gasteiger partial charge in [-0.3, -0.25) is 0 Å². The van der Waals surface area contributed by atoms with Crippen molar-refractivity contribution in [2.24, 2.45) is 0 Å². The van der Waals surface area contributed by atoms with Crippen molar-refractivity contribution in [1.82, 2.24) is 10.6 Å². The number of hydrogen-bond donors (Lipinski definition) is 3. The number of ether oxygens (including phenoxy) is 2. The number of alkyl carbamates (subject to hydrolysis) is 1. The molecule has 19 heavy (non-hydrogen) atoms. The lowest BCUT2D eigenvalue weighted by Crippen LogP contribution is -2.41. The first kappa shape index (κ1) is 18.1. The smallest absolute Gasteiger partial charge is 0.407 e. The van der Waals surface area contributed by atoms with Gasteiger partial charge in [-0.15, -0.1) is 0 Å². The van der Waals surface area contributed by atoms with Crippen LogP contribution in [0.2, 0.25) is 0 Å². The molecule has 0 fully saturated rings. The first-order valence-electron chi connectivity index (χ1n) is 6.74. The molecule has 0 aliphatic rings. The highest BCUT2D eigenvalue weighted by Crippen LogP contribution is 2.06. The summed E-state index contributed by atoms with van der Waals surface area (Å²) < 4.78 is 10.3. The van der Waals surface area contributed by atoms with Crippen LogP contribution in [0.3, 0.4) is 0 Å². The average molecular weight is 276 g/mol. The largest absolute Gasteiger partial charge is 0.444 e. The summed E-state index contributed by atoms with van der Waals surface area (Å²) in [4.78, 5) is 11.4. The number of aliphatic hydroxyl groups is 1. The van der Waals surface area contributed by atoms with Crippen LogP contribution in [0.15, 0.2) is 0 Å². The summed E-state index contributed by atoms with van der Waals surface area (Å²) >= 11 is 0. The van der Waals surface area contributed by atoms with E-state index in [9.17, 15) is 4.79 Å². The van der Waals surface area contributed by atoms with E-state index in [1.807, 2.05) is 27.7 Å². The number of rotatable bonds is 9. The van der Waals surface area contributed by atoms with Crippen LogP contribution in [0.4, 0.5) is 4.79 Å². The van der Waals surface area contributed by atoms with E-state index >= 15 is 0 Å². The van der Waals surface area contributed by atoms with Crippen LogP contribution >= 0.6 is 0 Å². The molecule has 0 aliphatic heterocycles. The Morgan fingerprint density at radius 3 is 2.58 bits per heavy atom. The molecule has 0 aromatic rings. The lowest BCUT2D eigenvalue weighted by Gasteiger charge is -2.21. The van der Waals surface area contributed by atoms with Gasteiger partial charge < -0.3 is 25.2 Å². The van der Waals surface area contributed by atoms with Gasteiger partial charge in [0.2, 0.25) is 0 Å². The predicted molar refractivity (Wildman–Crippen MR) is 74.2 cm³/mol. The third-order valence-corrected chi connectivity index (χ3v) is 2.15. The lowest BCUT2D eigenvalue weighted by atomic mass is 10.2. The number of carbonyl (C=O) groups is 1. The van der Waals surface area contributed by atoms with E-state index < -0.39 is 11.7 Å². The summed E-state index contributed by atoms with van der Waals surface area (Å²) in [6.07, 6.45) is 0.476. The minimum absolute atomic E-state index is 0.0592. The maximum atomic E-state index is 11.4. The lowest BCUT2D eigenvalue weighted by molar-refractivity contribution is 0.0523. The van der Waals surface area contributed by atoms with Crippen molar-refractivity contribution in [1.29, 1.82) is 0 Å². The van der Waals surface area contributed by atoms with Gasteiger partial charge in [-0.2, -0.15) is 0 Å². The minimum atomic E-state index is -0.467. The molecule has 0 aliphatic carbocycles. The Bertz CT molecular complexity index is 241. The van der Waals surface area contributed by atoms with Gasteiger partial charge in [0.05, 0.1) is 13.2 Å². The Balaban J connectivity index is 3.48. The van der Waals surface area contributed by atoms with E-state index in [1.165, 1.54) is 0 Å². The van der Waals surface area contributed by atoms with Crippen molar-refractivity contribution in [3.63, 3.8) is 0 Å². The molecule has 1 amide bonds. The molecule has 0 bridgehead atoms. The van der Waals surface area contributed by atoms with Crippen molar-refractivity contribution in [2.75, 3.05) is 32.9 Å². The Morgan fingerprint density at radius 2 is 2.00 bits per heavy atom. The molecule has 0 heterocycles. The highest BCUT2D eigenvalue weighted by atomic mass is 16.6. The first-order valence-corrected chi connectivity index (χ1v) is 6.74. The van der Waals surface area contributed by atoms with Gasteiger partial charge >= 0.3 is 6.09 Å². The Morgan fingerprint density at radius 1 is 1.32 bits per heavy atom. The predicted octanol–water partition coefficient (Wildman–Crippen LogP) is 0.888. The topological polar surface area (TPSA) is 79.8 Å². The second-order valence-electron chi connectivity index (χ2n) is 5.43. The standard InChI is InChI=1S/C13H28N2O4/c1-11(14-6-5-8-18-9-7-16)10-15-12(17)19-13(2,3)4/h11,14,16H,5-10H2,1-4H3,(H,15,17). The number of carbonyl (C=O) groups excluding carboxylic acids is 1. The molecule has 0 aromatic heterocycles. The van der Waals surface area contributed by atoms with Gasteiger partial charge in [0.15, 0.2) is 0 Å². The van der Waals surface area contributed by atoms with Crippen LogP contribution in [0.25, 0.3) is 0 Å². The Labute approximate surface area is 115 Å². The number of nitrogens with one attached hydrogen (secondary N) is 2. The van der Waals surface area contributed by atoms with Gasteiger partial charge in [0.1, 0.15) is 5.60 Å². The van der Waals surface area contributed by atoms with E-state index in [-0.39, 0.29) is 12.6 Å². The fourth-order valence-corrected chi connectivity index (χ4v) is 1.31. The molecular weight excluding hydrogens is 248 g/mol. The number of amides is 1. The zero-order chi connectivity index (χ0) is 14.7. The molecule has 0 spiro atoms. The van der Waals surface area contributed by atoms with E-state index in [0.717, 1.165) is 13.0 Å². The molecule has 0 radical (unpaired) electrons. The zero-order valence-electron chi connectivity index (χ0n) is 12.5. The quantitative estimate of drug-likeness (QED) is 0.545. The molecule has 1 unspecified atom stereocenters. The maximum Gasteiger partial charge on any atom is 0.407 e. The Kier molecular flexibility index (Phi) is 9.55. The van der Waals surface area contributed by atoms with Crippen molar-refractivity contribution >= 4 is 6.09 Å². The van der Waals surface area contributed by atoms with Crippen molar-refractivity contribution in [3.05, 3.63) is 0 Å². The normalized spacial score (nSPS) is 13.1. The minimum Gasteiger partial charge on any atom is -0.444 e. The van der Waals surface area contributed by atoms with E-state index in [1.54, 1.807) is 0 Å². The van der Waals surface area contributed by atoms with Crippen LogP contribution in [-0.4, -0.2) is 55.8 Å². The van der Waals surface area contributed by atoms with Gasteiger partial charge in [-0.25, -0.2) is 4.79 Å². The van der Waals surface area contributed by atoms with Crippen LogP contribution in [-0.2, 0) is 9.47 Å². The third kappa shape index (κ3) is 13.4. The number of aliphatic hydroxyl groups excluding tert-OH is 1. The van der Waals surface area contributed by atoms with Gasteiger partial charge in [-0.05, 0) is 40.7 Å². The van der Waals surface area contributed by atoms with Gasteiger partial charge in [-0.1, -0.05) is 0 Å². The second kappa shape index (κ2) is 10.00. The molecule has 6 heteroatoms. The molecule has 3 N–H and O–H groups in total. The first-order chi connectivity index (χ1) is 8.85. The molecular formula is C13H28N2O4. The van der Waals surface area contributed by atoms with Crippen LogP contribution in [0.1, 0.15) is 34.1 Å². The van der Waals surface area contributed by atoms with Crippen molar-refractivity contribution in [2.45, 2.75) is 45.8 Å².